The zero-order valence-electron chi connectivity index (χ0n) is 35.6. The van der Waals surface area contributed by atoms with Gasteiger partial charge in [0.1, 0.15) is 0 Å². The molecule has 65 heavy (non-hydrogen) atoms. The first-order valence-electron chi connectivity index (χ1n) is 21.9. The third kappa shape index (κ3) is 7.75. The van der Waals surface area contributed by atoms with Gasteiger partial charge in [-0.05, 0) is 121 Å². The molecule has 0 fully saturated rings. The number of anilines is 12. The van der Waals surface area contributed by atoms with Crippen LogP contribution in [-0.2, 0) is 0 Å². The maximum atomic E-state index is 2.43. The van der Waals surface area contributed by atoms with Gasteiger partial charge in [-0.25, -0.2) is 0 Å². The largest absolute Gasteiger partial charge is 0.310 e. The molecule has 5 heteroatoms. The van der Waals surface area contributed by atoms with Crippen molar-refractivity contribution in [2.45, 2.75) is 0 Å². The molecule has 0 unspecified atom stereocenters. The molecule has 0 spiro atoms. The molecular formula is C60H44N4S. The number of rotatable bonds is 12. The molecule has 10 aromatic carbocycles. The lowest BCUT2D eigenvalue weighted by Crippen LogP contribution is -2.14. The van der Waals surface area contributed by atoms with Gasteiger partial charge in [-0.15, -0.1) is 11.3 Å². The number of hydrogen-bond donors (Lipinski definition) is 0. The van der Waals surface area contributed by atoms with Crippen LogP contribution in [0.15, 0.2) is 267 Å². The first-order chi connectivity index (χ1) is 32.3. The molecule has 11 aromatic rings. The Morgan fingerprint density at radius 2 is 0.400 bits per heavy atom. The fraction of sp³-hybridized carbons (Fsp3) is 0. The fourth-order valence-corrected chi connectivity index (χ4v) is 10.1. The zero-order valence-corrected chi connectivity index (χ0v) is 36.4. The topological polar surface area (TPSA) is 13.0 Å². The van der Waals surface area contributed by atoms with Crippen molar-refractivity contribution < 1.29 is 0 Å². The highest BCUT2D eigenvalue weighted by Gasteiger charge is 2.27. The molecule has 0 saturated heterocycles. The molecule has 0 radical (unpaired) electrons. The summed E-state index contributed by atoms with van der Waals surface area (Å²) < 4.78 is 2.35. The van der Waals surface area contributed by atoms with Crippen LogP contribution in [0.2, 0.25) is 0 Å². The summed E-state index contributed by atoms with van der Waals surface area (Å²) in [6, 6.07) is 95.4. The first kappa shape index (κ1) is 39.5. The van der Waals surface area contributed by atoms with Crippen LogP contribution < -0.4 is 19.6 Å². The predicted octanol–water partition coefficient (Wildman–Crippen LogP) is 17.9. The monoisotopic (exact) mass is 852 g/mol. The highest BCUT2D eigenvalue weighted by Crippen LogP contribution is 2.54. The predicted molar refractivity (Wildman–Crippen MR) is 278 cm³/mol. The number of benzene rings is 10. The molecule has 0 aliphatic rings. The minimum absolute atomic E-state index is 1.06. The second-order valence-electron chi connectivity index (χ2n) is 15.8. The second kappa shape index (κ2) is 17.8. The van der Waals surface area contributed by atoms with Crippen molar-refractivity contribution in [2.24, 2.45) is 0 Å². The molecule has 1 heterocycles. The molecule has 0 bridgehead atoms. The lowest BCUT2D eigenvalue weighted by Gasteiger charge is -2.32. The summed E-state index contributed by atoms with van der Waals surface area (Å²) in [6.07, 6.45) is 0. The third-order valence-corrected chi connectivity index (χ3v) is 12.8. The Bertz CT molecular complexity index is 2910. The zero-order chi connectivity index (χ0) is 43.4. The van der Waals surface area contributed by atoms with E-state index in [1.807, 2.05) is 11.3 Å². The molecule has 11 rings (SSSR count). The van der Waals surface area contributed by atoms with Gasteiger partial charge in [0, 0.05) is 77.0 Å². The van der Waals surface area contributed by atoms with E-state index in [1.165, 1.54) is 20.2 Å². The summed E-state index contributed by atoms with van der Waals surface area (Å²) in [7, 11) is 0. The lowest BCUT2D eigenvalue weighted by atomic mass is 10.0. The summed E-state index contributed by atoms with van der Waals surface area (Å²) in [5, 5.41) is 2.35. The van der Waals surface area contributed by atoms with Crippen LogP contribution in [0, 0.1) is 0 Å². The van der Waals surface area contributed by atoms with Crippen molar-refractivity contribution >= 4 is 99.8 Å². The average Bonchev–Trinajstić information content (AvgIpc) is 3.76. The van der Waals surface area contributed by atoms with Crippen molar-refractivity contribution in [1.82, 2.24) is 0 Å². The summed E-state index contributed by atoms with van der Waals surface area (Å²) in [5.41, 5.74) is 12.9. The minimum atomic E-state index is 1.06. The molecule has 310 valence electrons. The smallest absolute Gasteiger partial charge is 0.0576 e. The molecule has 0 amide bonds. The molecular weight excluding hydrogens is 809 g/mol. The Labute approximate surface area is 384 Å². The Kier molecular flexibility index (Phi) is 10.8. The van der Waals surface area contributed by atoms with Crippen molar-refractivity contribution in [3.05, 3.63) is 267 Å². The molecule has 4 nitrogen and oxygen atoms in total. The quantitative estimate of drug-likeness (QED) is 0.121. The van der Waals surface area contributed by atoms with E-state index in [1.54, 1.807) is 0 Å². The van der Waals surface area contributed by atoms with Gasteiger partial charge in [-0.1, -0.05) is 146 Å². The van der Waals surface area contributed by atoms with Crippen LogP contribution >= 0.6 is 11.3 Å². The number of hydrogen-bond acceptors (Lipinski definition) is 5. The average molecular weight is 853 g/mol. The maximum Gasteiger partial charge on any atom is 0.0576 e. The molecule has 0 aliphatic heterocycles. The van der Waals surface area contributed by atoms with Crippen LogP contribution in [-0.4, -0.2) is 0 Å². The number of fused-ring (bicyclic) bond motifs is 3. The summed E-state index contributed by atoms with van der Waals surface area (Å²) >= 11 is 1.84. The van der Waals surface area contributed by atoms with Gasteiger partial charge in [0.05, 0.1) is 11.4 Å². The minimum Gasteiger partial charge on any atom is -0.310 e. The molecule has 0 atom stereocenters. The Morgan fingerprint density at radius 1 is 0.200 bits per heavy atom. The highest BCUT2D eigenvalue weighted by atomic mass is 32.1. The van der Waals surface area contributed by atoms with Crippen molar-refractivity contribution in [2.75, 3.05) is 19.6 Å². The highest BCUT2D eigenvalue weighted by molar-refractivity contribution is 7.26. The van der Waals surface area contributed by atoms with E-state index in [2.05, 4.69) is 287 Å². The normalized spacial score (nSPS) is 11.1. The van der Waals surface area contributed by atoms with E-state index >= 15 is 0 Å². The van der Waals surface area contributed by atoms with Crippen molar-refractivity contribution in [3.63, 3.8) is 0 Å². The molecule has 0 aliphatic carbocycles. The Hall–Kier alpha value is -8.38. The summed E-state index contributed by atoms with van der Waals surface area (Å²) in [4.78, 5) is 9.61. The van der Waals surface area contributed by atoms with Crippen molar-refractivity contribution in [1.29, 1.82) is 0 Å². The third-order valence-electron chi connectivity index (χ3n) is 11.7. The Balaban J connectivity index is 1.30. The van der Waals surface area contributed by atoms with Crippen LogP contribution in [0.3, 0.4) is 0 Å². The Morgan fingerprint density at radius 3 is 0.615 bits per heavy atom. The first-order valence-corrected chi connectivity index (χ1v) is 22.8. The van der Waals surface area contributed by atoms with Crippen LogP contribution in [0.4, 0.5) is 68.2 Å². The van der Waals surface area contributed by atoms with E-state index in [9.17, 15) is 0 Å². The van der Waals surface area contributed by atoms with E-state index < -0.39 is 0 Å². The summed E-state index contributed by atoms with van der Waals surface area (Å²) in [5.74, 6) is 0. The van der Waals surface area contributed by atoms with E-state index in [4.69, 9.17) is 0 Å². The van der Waals surface area contributed by atoms with Crippen LogP contribution in [0.25, 0.3) is 20.2 Å². The van der Waals surface area contributed by atoms with Gasteiger partial charge < -0.3 is 19.6 Å². The van der Waals surface area contributed by atoms with Crippen molar-refractivity contribution in [3.8, 4) is 0 Å². The van der Waals surface area contributed by atoms with Gasteiger partial charge in [-0.3, -0.25) is 0 Å². The lowest BCUT2D eigenvalue weighted by molar-refractivity contribution is 1.26. The van der Waals surface area contributed by atoms with Gasteiger partial charge in [0.25, 0.3) is 0 Å². The van der Waals surface area contributed by atoms with E-state index in [-0.39, 0.29) is 0 Å². The van der Waals surface area contributed by atoms with Gasteiger partial charge in [0.2, 0.25) is 0 Å². The maximum absolute atomic E-state index is 2.43. The van der Waals surface area contributed by atoms with Gasteiger partial charge in [0.15, 0.2) is 0 Å². The van der Waals surface area contributed by atoms with Crippen LogP contribution in [0.1, 0.15) is 0 Å². The molecule has 0 N–H and O–H groups in total. The number of para-hydroxylation sites is 8. The SMILES string of the molecule is c1ccc(N(c2ccccc2)c2cc(N(c3ccccc3)c3ccccc3)c3c(c2)sc2cc(N(c4ccccc4)c4ccccc4)cc(N(c4ccccc4)c4ccccc4)c23)cc1. The summed E-state index contributed by atoms with van der Waals surface area (Å²) in [6.45, 7) is 0. The van der Waals surface area contributed by atoms with Crippen LogP contribution in [0.5, 0.6) is 0 Å². The van der Waals surface area contributed by atoms with E-state index in [0.717, 1.165) is 68.2 Å². The number of nitrogens with zero attached hydrogens (tertiary/aromatic N) is 4. The number of thiophene rings is 1. The molecule has 1 aromatic heterocycles. The molecule has 0 saturated carbocycles. The standard InChI is InChI=1S/C60H44N4S/c1-9-25-45(26-10-1)61(46-27-11-2-12-28-46)53-41-55(63(49-33-17-5-18-34-49)50-35-19-6-20-36-50)59-57(43-53)65-58-44-54(62(47-29-13-3-14-30-47)48-31-15-4-16-32-48)42-56(60(58)59)64(51-37-21-7-22-38-51)52-39-23-8-24-40-52/h1-44H. The van der Waals surface area contributed by atoms with Gasteiger partial charge >= 0.3 is 0 Å². The fourth-order valence-electron chi connectivity index (χ4n) is 8.93. The second-order valence-corrected chi connectivity index (χ2v) is 16.9. The van der Waals surface area contributed by atoms with E-state index in [0.29, 0.717) is 0 Å². The van der Waals surface area contributed by atoms with Gasteiger partial charge in [-0.2, -0.15) is 0 Å².